The number of esters is 3. The Morgan fingerprint density at radius 1 is 0.432 bits per heavy atom. The quantitative estimate of drug-likeness (QED) is 0.0106. The number of phenolic OH excluding ortho intramolecular Hbond substituents is 2. The van der Waals surface area contributed by atoms with Gasteiger partial charge in [-0.1, -0.05) is 62.4 Å². The standard InChI is InChI=1S/C25H31N3O2.C22H24N2O3.C21H22N2O3.C16H22N2O3.C8H9NO3.C8H13NO.C6H4FNO2.C4H11N.C4H8O.Na.H2O/c1-4-27(5-2)25(29)17-10-13-22-24(14-17)30-23-9-7-6-8-21(23)28(22)20-15-18-11-12-19(16-20)26(18)3;1-23-15-8-9-16(23)13-17(12-15)24-18-5-3-4-6-20(18)27-21-11-14(22(25)26-2)7-10-19(21)24;1-22-14-7-8-15(22)12-16(11-14)23-17-4-2-3-5-19(17)26-20-10-13(21(24)25)6-9-18(20)23;1-18-12-4-5-13(18)9-11(8-12)17-14-6-3-10(7-15(14)19)16(20)21-2;1-12-8(11)5-2-3-6(9)7(10)4-5;1-9-6-2-3-7(9)5-8(10)4-6;7-5-3-1-2-4-6(5)8(9)10;1-3-5-4-2;1-2-4-5-3-1;;/h6-10,13-14,18-20H,4-5,11-12,15-16H2,1-3H3;3-7,10-11,15-17H,8-9,12-13H2,1-2H3;2-6,9-10,14-16H,7-8,11-12H2,1H3,(H,24,25);3,6-7,11-13,17,19H,4-5,8-9H2,1-2H3;2-4,10H,9H2,1H3;6-7H,2-5H2,1H3;1-4H;5H,3-4H2,1-2H3;1-4H2;;1H2/q;;;;;;;;;+1;/p-1. The number of phenols is 2. The second kappa shape index (κ2) is 52.4. The number of piperidine rings is 5. The third kappa shape index (κ3) is 26.5. The number of nitrogen functional groups attached to an aromatic ring is 1. The van der Waals surface area contributed by atoms with Gasteiger partial charge in [0.1, 0.15) is 17.3 Å². The number of nitrogens with two attached hydrogens (primary N) is 1. The molecule has 0 radical (unpaired) electrons. The Kier molecular flexibility index (Phi) is 40.1. The minimum atomic E-state index is -0.931. The van der Waals surface area contributed by atoms with Crippen molar-refractivity contribution in [1.29, 1.82) is 0 Å². The van der Waals surface area contributed by atoms with Crippen molar-refractivity contribution >= 4 is 86.8 Å². The Bertz CT molecular complexity index is 5980. The molecular weight excluding hydrogens is 1900 g/mol. The van der Waals surface area contributed by atoms with Crippen molar-refractivity contribution in [2.75, 3.05) is 122 Å². The summed E-state index contributed by atoms with van der Waals surface area (Å²) in [4.78, 5) is 101. The number of amides is 1. The van der Waals surface area contributed by atoms with Crippen LogP contribution in [0.25, 0.3) is 0 Å². The molecule has 32 nitrogen and oxygen atoms in total. The molecule has 11 saturated heterocycles. The number of carbonyl (C=O) groups excluding carboxylic acids is 5. The first-order chi connectivity index (χ1) is 70.5. The number of aromatic hydroxyl groups is 2. The molecule has 14 heterocycles. The zero-order valence-corrected chi connectivity index (χ0v) is 89.6. The minimum absolute atomic E-state index is 0. The second-order valence-electron chi connectivity index (χ2n) is 40.0. The van der Waals surface area contributed by atoms with E-state index in [1.807, 2.05) is 91.5 Å². The fourth-order valence-electron chi connectivity index (χ4n) is 23.5. The Labute approximate surface area is 890 Å². The van der Waals surface area contributed by atoms with E-state index in [1.165, 1.54) is 148 Å². The number of hydrogen-bond donors (Lipinski definition) is 6. The molecule has 11 fully saturated rings. The van der Waals surface area contributed by atoms with Gasteiger partial charge < -0.3 is 110 Å². The van der Waals surface area contributed by atoms with Gasteiger partial charge in [-0.25, -0.2) is 19.2 Å². The molecule has 1 amide bonds. The first-order valence-electron chi connectivity index (χ1n) is 51.9. The molecule has 10 unspecified atom stereocenters. The van der Waals surface area contributed by atoms with Crippen LogP contribution in [-0.2, 0) is 23.7 Å². The van der Waals surface area contributed by atoms with Crippen molar-refractivity contribution < 1.29 is 122 Å². The van der Waals surface area contributed by atoms with Crippen LogP contribution in [0, 0.1) is 15.9 Å². The van der Waals surface area contributed by atoms with E-state index in [1.54, 1.807) is 30.3 Å². The predicted octanol–water partition coefficient (Wildman–Crippen LogP) is 17.4. The maximum atomic E-state index is 12.9. The number of ketones is 1. The van der Waals surface area contributed by atoms with Crippen molar-refractivity contribution in [2.45, 2.75) is 254 Å². The predicted molar refractivity (Wildman–Crippen MR) is 566 cm³/mol. The van der Waals surface area contributed by atoms with Crippen molar-refractivity contribution in [3.05, 3.63) is 232 Å². The zero-order valence-electron chi connectivity index (χ0n) is 87.6. The number of carboxylic acid groups (broad SMARTS) is 1. The number of para-hydroxylation sites is 7. The van der Waals surface area contributed by atoms with Crippen LogP contribution in [0.5, 0.6) is 46.0 Å². The van der Waals surface area contributed by atoms with E-state index in [9.17, 15) is 53.5 Å². The molecule has 10 atom stereocenters. The number of carboxylic acids is 1. The summed E-state index contributed by atoms with van der Waals surface area (Å²) in [5.41, 5.74) is 14.3. The third-order valence-electron chi connectivity index (χ3n) is 31.6. The van der Waals surface area contributed by atoms with E-state index in [0.29, 0.717) is 132 Å². The van der Waals surface area contributed by atoms with Crippen molar-refractivity contribution in [3.63, 3.8) is 0 Å². The van der Waals surface area contributed by atoms with E-state index in [0.717, 1.165) is 153 Å². The maximum Gasteiger partial charge on any atom is 1.00 e. The van der Waals surface area contributed by atoms with Gasteiger partial charge >= 0.3 is 59.1 Å². The summed E-state index contributed by atoms with van der Waals surface area (Å²) in [6.07, 6.45) is 26.0. The number of Topliss-reactive ketones (excluding diaryl/α,β-unsaturated/α-hetero) is 1. The van der Waals surface area contributed by atoms with E-state index < -0.39 is 34.3 Å². The van der Waals surface area contributed by atoms with E-state index >= 15 is 0 Å². The normalized spacial score (nSPS) is 23.8. The van der Waals surface area contributed by atoms with Crippen LogP contribution in [0.2, 0.25) is 0 Å². The number of carbonyl (C=O) groups is 6. The first kappa shape index (κ1) is 113. The van der Waals surface area contributed by atoms with Crippen LogP contribution in [0.4, 0.5) is 55.6 Å². The molecule has 0 saturated carbocycles. The van der Waals surface area contributed by atoms with Gasteiger partial charge in [-0.3, -0.25) is 24.6 Å². The largest absolute Gasteiger partial charge is 1.00 e. The molecule has 9 aromatic carbocycles. The van der Waals surface area contributed by atoms with Crippen molar-refractivity contribution in [1.82, 2.24) is 34.7 Å². The van der Waals surface area contributed by atoms with Gasteiger partial charge in [-0.2, -0.15) is 4.39 Å². The summed E-state index contributed by atoms with van der Waals surface area (Å²) < 4.78 is 49.8. The molecule has 788 valence electrons. The third-order valence-corrected chi connectivity index (χ3v) is 31.6. The number of anilines is 8. The molecule has 0 aromatic heterocycles. The first-order valence-corrected chi connectivity index (χ1v) is 51.9. The number of rotatable bonds is 15. The smallest absolute Gasteiger partial charge is 0.870 e. The van der Waals surface area contributed by atoms with E-state index in [4.69, 9.17) is 34.5 Å². The van der Waals surface area contributed by atoms with Crippen molar-refractivity contribution in [2.24, 2.45) is 0 Å². The summed E-state index contributed by atoms with van der Waals surface area (Å²) in [7, 11) is 15.2. The maximum absolute atomic E-state index is 12.9. The van der Waals surface area contributed by atoms with Gasteiger partial charge in [-0.05, 0) is 324 Å². The molecular formula is C114H145FN13NaO19. The van der Waals surface area contributed by atoms with Crippen LogP contribution in [0.1, 0.15) is 221 Å². The summed E-state index contributed by atoms with van der Waals surface area (Å²) >= 11 is 0. The molecule has 148 heavy (non-hydrogen) atoms. The van der Waals surface area contributed by atoms with Gasteiger partial charge in [0.05, 0.1) is 94.0 Å². The Balaban J connectivity index is 0.000000146. The number of fused-ring (bicyclic) bond motifs is 16. The van der Waals surface area contributed by atoms with Crippen LogP contribution in [0.3, 0.4) is 0 Å². The van der Waals surface area contributed by atoms with E-state index in [2.05, 4.69) is 145 Å². The zero-order chi connectivity index (χ0) is 104. The minimum Gasteiger partial charge on any atom is -0.870 e. The number of nitro benzene ring substituents is 1. The van der Waals surface area contributed by atoms with Gasteiger partial charge in [0.15, 0.2) is 34.5 Å². The molecule has 9 aromatic rings. The number of nitrogens with zero attached hydrogens (tertiary/aromatic N) is 10. The molecule has 14 aliphatic rings. The Morgan fingerprint density at radius 3 is 1.10 bits per heavy atom. The monoisotopic (exact) mass is 2040 g/mol. The molecule has 8 N–H and O–H groups in total. The molecule has 10 bridgehead atoms. The van der Waals surface area contributed by atoms with Crippen molar-refractivity contribution in [3.8, 4) is 46.0 Å². The van der Waals surface area contributed by atoms with Crippen LogP contribution >= 0.6 is 0 Å². The molecule has 14 aliphatic heterocycles. The van der Waals surface area contributed by atoms with Crippen LogP contribution in [0.15, 0.2) is 188 Å². The van der Waals surface area contributed by atoms with E-state index in [-0.39, 0.29) is 75.2 Å². The van der Waals surface area contributed by atoms with Crippen LogP contribution in [-0.4, -0.2) is 271 Å². The van der Waals surface area contributed by atoms with Gasteiger partial charge in [-0.15, -0.1) is 0 Å². The van der Waals surface area contributed by atoms with Gasteiger partial charge in [0.2, 0.25) is 5.82 Å². The topological polar surface area (TPSA) is 380 Å². The van der Waals surface area contributed by atoms with Gasteiger partial charge in [0.25, 0.3) is 5.91 Å². The Morgan fingerprint density at radius 2 is 0.757 bits per heavy atom. The molecule has 23 rings (SSSR count). The number of halogens is 1. The summed E-state index contributed by atoms with van der Waals surface area (Å²) in [6, 6.07) is 63.5. The second-order valence-corrected chi connectivity index (χ2v) is 40.0. The number of hydrogen-bond acceptors (Lipinski definition) is 29. The molecule has 34 heteroatoms. The van der Waals surface area contributed by atoms with Gasteiger partial charge in [0, 0.05) is 135 Å². The molecule has 0 spiro atoms. The number of nitro groups is 1. The number of methoxy groups -OCH3 is 3. The number of nitrogens with one attached hydrogen (secondary N) is 2. The van der Waals surface area contributed by atoms with Crippen LogP contribution < -0.4 is 74.8 Å². The average Bonchev–Trinajstić information content (AvgIpc) is 0.978. The average molecular weight is 2040 g/mol. The number of benzene rings is 9. The number of ether oxygens (including phenoxy) is 7. The number of aromatic carboxylic acids is 1. The summed E-state index contributed by atoms with van der Waals surface area (Å²) in [5.74, 6) is 2.20. The fourth-order valence-corrected chi connectivity index (χ4v) is 23.5. The fraction of sp³-hybridized carbons (Fsp3) is 0.474. The molecule has 0 aliphatic carbocycles. The summed E-state index contributed by atoms with van der Waals surface area (Å²) in [5, 5.41) is 45.0. The Hall–Kier alpha value is -12.0. The summed E-state index contributed by atoms with van der Waals surface area (Å²) in [6.45, 7) is 13.8. The SMILES string of the molecule is C1CCOC1.CCN(CC)C(=O)c1ccc2c(c1)Oc1ccccc1N2C1CC2CCC(C1)N2C.CCNCC.CN1C2CCC1CC(=O)C2.CN1C2CCC1CC(N1c3ccccc3Oc3cc(C(=O)O)ccc31)C2.COC(=O)c1ccc(N)c(O)c1.COC(=O)c1ccc(NC2CC3CCC(C2)N3C)c(O)c1.COC(=O)c1ccc2c(c1)Oc1ccccc1N2C1CC2CCC(C1)N2C.O=[N+]([O-])c1ccccc1F.[Na+].[OH-].